The standard InChI is InChI=1S/C16H12N2O4/c19-14-11-6-7-17-9-12(11)15(20)18(14)13(16(21)22)8-10-4-2-1-3-5-10/h1-7,9,13H,8H2,(H,21,22)/t13-/m0/s1. The van der Waals surface area contributed by atoms with E-state index in [0.29, 0.717) is 0 Å². The molecule has 6 heteroatoms. The van der Waals surface area contributed by atoms with Gasteiger partial charge < -0.3 is 5.11 Å². The molecule has 1 aromatic heterocycles. The molecule has 6 nitrogen and oxygen atoms in total. The summed E-state index contributed by atoms with van der Waals surface area (Å²) in [5.41, 5.74) is 1.08. The summed E-state index contributed by atoms with van der Waals surface area (Å²) in [6.07, 6.45) is 2.76. The minimum Gasteiger partial charge on any atom is -0.480 e. The van der Waals surface area contributed by atoms with E-state index in [-0.39, 0.29) is 17.5 Å². The van der Waals surface area contributed by atoms with Gasteiger partial charge in [0.25, 0.3) is 11.8 Å². The van der Waals surface area contributed by atoms with Gasteiger partial charge in [-0.05, 0) is 11.6 Å². The molecule has 22 heavy (non-hydrogen) atoms. The third-order valence-corrected chi connectivity index (χ3v) is 3.59. The van der Waals surface area contributed by atoms with Crippen molar-refractivity contribution in [1.82, 2.24) is 9.88 Å². The fourth-order valence-corrected chi connectivity index (χ4v) is 2.51. The first-order valence-electron chi connectivity index (χ1n) is 6.68. The van der Waals surface area contributed by atoms with Crippen LogP contribution in [0.1, 0.15) is 26.3 Å². The monoisotopic (exact) mass is 296 g/mol. The van der Waals surface area contributed by atoms with Gasteiger partial charge >= 0.3 is 5.97 Å². The number of amides is 2. The molecule has 0 aliphatic carbocycles. The molecule has 0 saturated carbocycles. The average Bonchev–Trinajstić information content (AvgIpc) is 2.78. The van der Waals surface area contributed by atoms with Gasteiger partial charge in [-0.3, -0.25) is 19.5 Å². The molecular formula is C16H12N2O4. The smallest absolute Gasteiger partial charge is 0.327 e. The molecule has 2 aromatic rings. The van der Waals surface area contributed by atoms with Crippen LogP contribution in [0, 0.1) is 0 Å². The molecule has 2 heterocycles. The van der Waals surface area contributed by atoms with Crippen LogP contribution >= 0.6 is 0 Å². The lowest BCUT2D eigenvalue weighted by atomic mass is 10.0. The normalized spacial score (nSPS) is 14.8. The maximum absolute atomic E-state index is 12.4. The van der Waals surface area contributed by atoms with Crippen LogP contribution < -0.4 is 0 Å². The van der Waals surface area contributed by atoms with Crippen LogP contribution in [-0.2, 0) is 11.2 Å². The highest BCUT2D eigenvalue weighted by molar-refractivity contribution is 6.22. The molecule has 1 atom stereocenters. The van der Waals surface area contributed by atoms with Gasteiger partial charge in [-0.25, -0.2) is 4.79 Å². The summed E-state index contributed by atoms with van der Waals surface area (Å²) in [6, 6.07) is 9.07. The maximum atomic E-state index is 12.4. The highest BCUT2D eigenvalue weighted by Crippen LogP contribution is 2.25. The average molecular weight is 296 g/mol. The highest BCUT2D eigenvalue weighted by atomic mass is 16.4. The number of aromatic nitrogens is 1. The van der Waals surface area contributed by atoms with Crippen molar-refractivity contribution in [1.29, 1.82) is 0 Å². The third kappa shape index (κ3) is 2.24. The minimum atomic E-state index is -1.24. The highest BCUT2D eigenvalue weighted by Gasteiger charge is 2.42. The lowest BCUT2D eigenvalue weighted by Gasteiger charge is -2.22. The Labute approximate surface area is 126 Å². The van der Waals surface area contributed by atoms with E-state index in [1.165, 1.54) is 18.5 Å². The molecule has 0 bridgehead atoms. The Morgan fingerprint density at radius 3 is 2.41 bits per heavy atom. The first-order valence-corrected chi connectivity index (χ1v) is 6.68. The molecule has 0 unspecified atom stereocenters. The number of pyridine rings is 1. The molecule has 1 aliphatic heterocycles. The van der Waals surface area contributed by atoms with Crippen LogP contribution in [0.15, 0.2) is 48.8 Å². The summed E-state index contributed by atoms with van der Waals surface area (Å²) in [6.45, 7) is 0. The van der Waals surface area contributed by atoms with Gasteiger partial charge in [-0.1, -0.05) is 30.3 Å². The predicted octanol–water partition coefficient (Wildman–Crippen LogP) is 1.37. The van der Waals surface area contributed by atoms with Crippen molar-refractivity contribution in [2.45, 2.75) is 12.5 Å². The molecule has 0 saturated heterocycles. The first kappa shape index (κ1) is 13.9. The Bertz CT molecular complexity index is 723. The van der Waals surface area contributed by atoms with Gasteiger partial charge in [0.2, 0.25) is 0 Å². The van der Waals surface area contributed by atoms with E-state index in [4.69, 9.17) is 0 Å². The molecule has 0 fully saturated rings. The van der Waals surface area contributed by atoms with Crippen molar-refractivity contribution in [3.8, 4) is 0 Å². The first-order chi connectivity index (χ1) is 10.6. The Balaban J connectivity index is 1.95. The molecule has 3 rings (SSSR count). The van der Waals surface area contributed by atoms with Crippen LogP contribution in [0.5, 0.6) is 0 Å². The van der Waals surface area contributed by atoms with Crippen molar-refractivity contribution < 1.29 is 19.5 Å². The van der Waals surface area contributed by atoms with Crippen molar-refractivity contribution in [2.24, 2.45) is 0 Å². The summed E-state index contributed by atoms with van der Waals surface area (Å²) in [5.74, 6) is -2.42. The molecule has 0 spiro atoms. The van der Waals surface area contributed by atoms with Crippen LogP contribution in [0.3, 0.4) is 0 Å². The predicted molar refractivity (Wildman–Crippen MR) is 76.3 cm³/mol. The van der Waals surface area contributed by atoms with E-state index in [1.807, 2.05) is 6.07 Å². The topological polar surface area (TPSA) is 87.6 Å². The van der Waals surface area contributed by atoms with Crippen LogP contribution in [-0.4, -0.2) is 38.8 Å². The lowest BCUT2D eigenvalue weighted by Crippen LogP contribution is -2.46. The van der Waals surface area contributed by atoms with Gasteiger partial charge in [-0.2, -0.15) is 0 Å². The quantitative estimate of drug-likeness (QED) is 0.861. The lowest BCUT2D eigenvalue weighted by molar-refractivity contribution is -0.141. The molecule has 1 aromatic carbocycles. The van der Waals surface area contributed by atoms with E-state index in [0.717, 1.165) is 10.5 Å². The van der Waals surface area contributed by atoms with Crippen LogP contribution in [0.4, 0.5) is 0 Å². The molecule has 1 aliphatic rings. The van der Waals surface area contributed by atoms with Crippen molar-refractivity contribution in [2.75, 3.05) is 0 Å². The number of fused-ring (bicyclic) bond motifs is 1. The second-order valence-corrected chi connectivity index (χ2v) is 4.95. The van der Waals surface area contributed by atoms with Crippen molar-refractivity contribution in [3.63, 3.8) is 0 Å². The van der Waals surface area contributed by atoms with E-state index in [1.54, 1.807) is 24.3 Å². The second-order valence-electron chi connectivity index (χ2n) is 4.95. The van der Waals surface area contributed by atoms with Gasteiger partial charge in [0, 0.05) is 18.8 Å². The minimum absolute atomic E-state index is 0.0646. The van der Waals surface area contributed by atoms with E-state index in [9.17, 15) is 19.5 Å². The number of carbonyl (C=O) groups is 3. The maximum Gasteiger partial charge on any atom is 0.327 e. The second kappa shape index (κ2) is 5.40. The Hall–Kier alpha value is -3.02. The van der Waals surface area contributed by atoms with E-state index < -0.39 is 23.8 Å². The summed E-state index contributed by atoms with van der Waals surface area (Å²) in [5, 5.41) is 9.45. The number of nitrogens with zero attached hydrogens (tertiary/aromatic N) is 2. The zero-order valence-electron chi connectivity index (χ0n) is 11.5. The fraction of sp³-hybridized carbons (Fsp3) is 0.125. The SMILES string of the molecule is O=C(O)[C@H](Cc1ccccc1)N1C(=O)c2ccncc2C1=O. The Kier molecular flexibility index (Phi) is 3.42. The summed E-state index contributed by atoms with van der Waals surface area (Å²) >= 11 is 0. The number of aliphatic carboxylic acids is 1. The molecule has 110 valence electrons. The number of hydrogen-bond acceptors (Lipinski definition) is 4. The van der Waals surface area contributed by atoms with Gasteiger partial charge in [0.1, 0.15) is 6.04 Å². The summed E-state index contributed by atoms with van der Waals surface area (Å²) in [7, 11) is 0. The van der Waals surface area contributed by atoms with E-state index in [2.05, 4.69) is 4.98 Å². The number of benzene rings is 1. The zero-order valence-corrected chi connectivity index (χ0v) is 11.5. The van der Waals surface area contributed by atoms with Crippen molar-refractivity contribution in [3.05, 3.63) is 65.5 Å². The molecule has 1 N–H and O–H groups in total. The Morgan fingerprint density at radius 1 is 1.09 bits per heavy atom. The van der Waals surface area contributed by atoms with Gasteiger partial charge in [0.05, 0.1) is 11.1 Å². The van der Waals surface area contributed by atoms with Crippen LogP contribution in [0.2, 0.25) is 0 Å². The fourth-order valence-electron chi connectivity index (χ4n) is 2.51. The third-order valence-electron chi connectivity index (χ3n) is 3.59. The number of carbonyl (C=O) groups excluding carboxylic acids is 2. The summed E-state index contributed by atoms with van der Waals surface area (Å²) < 4.78 is 0. The Morgan fingerprint density at radius 2 is 1.77 bits per heavy atom. The number of carboxylic acid groups (broad SMARTS) is 1. The summed E-state index contributed by atoms with van der Waals surface area (Å²) in [4.78, 5) is 40.9. The molecule has 2 amide bonds. The number of rotatable bonds is 4. The van der Waals surface area contributed by atoms with Crippen LogP contribution in [0.25, 0.3) is 0 Å². The largest absolute Gasteiger partial charge is 0.480 e. The van der Waals surface area contributed by atoms with E-state index >= 15 is 0 Å². The number of imide groups is 1. The van der Waals surface area contributed by atoms with Gasteiger partial charge in [-0.15, -0.1) is 0 Å². The number of carboxylic acids is 1. The van der Waals surface area contributed by atoms with Gasteiger partial charge in [0.15, 0.2) is 0 Å². The molecular weight excluding hydrogens is 284 g/mol. The molecule has 0 radical (unpaired) electrons. The number of hydrogen-bond donors (Lipinski definition) is 1. The van der Waals surface area contributed by atoms with Crippen molar-refractivity contribution >= 4 is 17.8 Å². The zero-order chi connectivity index (χ0) is 15.7.